The molecule has 0 aliphatic heterocycles. The number of hydrogen-bond donors (Lipinski definition) is 2. The van der Waals surface area contributed by atoms with E-state index in [2.05, 4.69) is 5.32 Å². The highest BCUT2D eigenvalue weighted by Crippen LogP contribution is 1.73. The van der Waals surface area contributed by atoms with Crippen LogP contribution in [0.15, 0.2) is 0 Å². The van der Waals surface area contributed by atoms with Gasteiger partial charge in [-0.05, 0) is 6.42 Å². The van der Waals surface area contributed by atoms with Crippen LogP contribution >= 0.6 is 0 Å². The van der Waals surface area contributed by atoms with Gasteiger partial charge in [-0.2, -0.15) is 8.42 Å². The van der Waals surface area contributed by atoms with Crippen molar-refractivity contribution in [1.29, 1.82) is 0 Å². The molecule has 0 aliphatic rings. The van der Waals surface area contributed by atoms with Crippen LogP contribution in [0.3, 0.4) is 0 Å². The lowest BCUT2D eigenvalue weighted by molar-refractivity contribution is -0.129. The van der Waals surface area contributed by atoms with Crippen molar-refractivity contribution in [3.05, 3.63) is 0 Å². The molecule has 2 N–H and O–H groups in total. The van der Waals surface area contributed by atoms with Gasteiger partial charge >= 0.3 is 5.97 Å². The molecule has 11 heavy (non-hydrogen) atoms. The highest BCUT2D eigenvalue weighted by molar-refractivity contribution is 7.74. The van der Waals surface area contributed by atoms with Crippen LogP contribution in [0.1, 0.15) is 13.3 Å². The van der Waals surface area contributed by atoms with Gasteiger partial charge in [0.05, 0.1) is 0 Å². The molecule has 64 valence electrons. The molecule has 0 aromatic heterocycles. The Bertz CT molecular complexity index is 258. The first-order valence-corrected chi connectivity index (χ1v) is 4.10. The first-order chi connectivity index (χ1) is 5.09. The molecule has 0 atom stereocenters. The second kappa shape index (κ2) is 4.86. The summed E-state index contributed by atoms with van der Waals surface area (Å²) in [5, 5.41) is 10.6. The molecule has 0 radical (unpaired) electrons. The number of hydrogen-bond acceptors (Lipinski definition) is 3. The maximum absolute atomic E-state index is 10.2. The zero-order valence-electron chi connectivity index (χ0n) is 5.99. The summed E-state index contributed by atoms with van der Waals surface area (Å²) in [6.45, 7) is 2.15. The summed E-state index contributed by atoms with van der Waals surface area (Å²) in [5.74, 6) is -1.45. The predicted molar refractivity (Wildman–Crippen MR) is 39.9 cm³/mol. The predicted octanol–water partition coefficient (Wildman–Crippen LogP) is -0.920. The number of rotatable bonds is 2. The van der Waals surface area contributed by atoms with Gasteiger partial charge in [-0.3, -0.25) is 5.32 Å². The van der Waals surface area contributed by atoms with Gasteiger partial charge in [-0.1, -0.05) is 6.92 Å². The Labute approximate surface area is 65.6 Å². The fourth-order valence-corrected chi connectivity index (χ4v) is 0.807. The summed E-state index contributed by atoms with van der Waals surface area (Å²) in [7, 11) is -2.68. The highest BCUT2D eigenvalue weighted by Gasteiger charge is 2.08. The van der Waals surface area contributed by atoms with Crippen molar-refractivity contribution in [2.45, 2.75) is 13.3 Å². The lowest BCUT2D eigenvalue weighted by atomic mass is 10.5. The minimum atomic E-state index is -2.68. The zero-order valence-corrected chi connectivity index (χ0v) is 6.81. The van der Waals surface area contributed by atoms with Gasteiger partial charge in [0.15, 0.2) is 0 Å². The number of carboxylic acids is 1. The Kier molecular flexibility index (Phi) is 4.47. The fourth-order valence-electron chi connectivity index (χ4n) is 0.444. The Morgan fingerprint density at radius 1 is 1.55 bits per heavy atom. The van der Waals surface area contributed by atoms with E-state index in [0.717, 1.165) is 0 Å². The summed E-state index contributed by atoms with van der Waals surface area (Å²) < 4.78 is 20.3. The van der Waals surface area contributed by atoms with Crippen molar-refractivity contribution in [2.24, 2.45) is 0 Å². The molecule has 6 heteroatoms. The molecule has 0 saturated heterocycles. The molecule has 0 aromatic rings. The van der Waals surface area contributed by atoms with Gasteiger partial charge in [0, 0.05) is 6.54 Å². The molecule has 5 nitrogen and oxygen atoms in total. The minimum Gasteiger partial charge on any atom is -0.476 e. The molecule has 0 unspecified atom stereocenters. The minimum absolute atomic E-state index is 0.343. The maximum atomic E-state index is 10.2. The lowest BCUT2D eigenvalue weighted by Crippen LogP contribution is -2.32. The molecule has 0 fully saturated rings. The van der Waals surface area contributed by atoms with Crippen molar-refractivity contribution in [3.8, 4) is 0 Å². The van der Waals surface area contributed by atoms with E-state index in [4.69, 9.17) is 5.11 Å². The second-order valence-electron chi connectivity index (χ2n) is 1.80. The summed E-state index contributed by atoms with van der Waals surface area (Å²) in [6.07, 6.45) is 0.675. The monoisotopic (exact) mass is 179 g/mol. The van der Waals surface area contributed by atoms with Gasteiger partial charge in [-0.15, -0.1) is 0 Å². The van der Waals surface area contributed by atoms with E-state index in [9.17, 15) is 13.2 Å². The van der Waals surface area contributed by atoms with Crippen LogP contribution in [0.25, 0.3) is 0 Å². The third-order valence-electron chi connectivity index (χ3n) is 0.896. The van der Waals surface area contributed by atoms with Gasteiger partial charge in [0.1, 0.15) is 0 Å². The van der Waals surface area contributed by atoms with Crippen molar-refractivity contribution in [1.82, 2.24) is 5.32 Å². The number of carbonyl (C=O) groups is 1. The van der Waals surface area contributed by atoms with Gasteiger partial charge in [0.2, 0.25) is 15.3 Å². The molecule has 0 amide bonds. The molecule has 0 aliphatic carbocycles. The van der Waals surface area contributed by atoms with Crippen LogP contribution < -0.4 is 5.32 Å². The maximum Gasteiger partial charge on any atom is 0.362 e. The Morgan fingerprint density at radius 3 is 2.36 bits per heavy atom. The van der Waals surface area contributed by atoms with Crippen LogP contribution in [0.5, 0.6) is 0 Å². The molecular formula is C5H9NO4S. The van der Waals surface area contributed by atoms with Crippen LogP contribution in [0, 0.1) is 0 Å². The number of aliphatic carboxylic acids is 1. The fraction of sp³-hybridized carbons (Fsp3) is 0.600. The Balaban J connectivity index is 4.41. The summed E-state index contributed by atoms with van der Waals surface area (Å²) in [4.78, 5) is 9.48. The molecule has 0 aromatic carbocycles. The number of nitrogens with one attached hydrogen (secondary N) is 1. The van der Waals surface area contributed by atoms with Crippen LogP contribution in [-0.2, 0) is 15.1 Å². The summed E-state index contributed by atoms with van der Waals surface area (Å²) >= 11 is 0. The third kappa shape index (κ3) is 3.74. The Morgan fingerprint density at radius 2 is 2.09 bits per heavy atom. The van der Waals surface area contributed by atoms with E-state index < -0.39 is 21.3 Å². The molecule has 0 spiro atoms. The summed E-state index contributed by atoms with van der Waals surface area (Å²) in [5.41, 5.74) is 0. The van der Waals surface area contributed by atoms with E-state index in [1.807, 2.05) is 0 Å². The molecular weight excluding hydrogens is 170 g/mol. The highest BCUT2D eigenvalue weighted by atomic mass is 32.2. The molecule has 0 bridgehead atoms. The van der Waals surface area contributed by atoms with Crippen molar-refractivity contribution in [3.63, 3.8) is 0 Å². The van der Waals surface area contributed by atoms with Crippen molar-refractivity contribution in [2.75, 3.05) is 6.54 Å². The molecule has 0 rings (SSSR count). The smallest absolute Gasteiger partial charge is 0.362 e. The van der Waals surface area contributed by atoms with Crippen LogP contribution in [0.4, 0.5) is 0 Å². The number of carboxylic acid groups (broad SMARTS) is 1. The van der Waals surface area contributed by atoms with E-state index in [-0.39, 0.29) is 0 Å². The van der Waals surface area contributed by atoms with Gasteiger partial charge in [-0.25, -0.2) is 4.79 Å². The normalized spacial score (nSPS) is 9.18. The van der Waals surface area contributed by atoms with Gasteiger partial charge in [0.25, 0.3) is 0 Å². The first kappa shape index (κ1) is 10.1. The molecule has 0 heterocycles. The standard InChI is InChI=1S/C5H9NO4S/c1-2-3-6-4(5(7)8)11(9)10/h6H,2-3H2,1H3,(H,7,8). The van der Waals surface area contributed by atoms with E-state index in [0.29, 0.717) is 13.0 Å². The van der Waals surface area contributed by atoms with E-state index >= 15 is 0 Å². The van der Waals surface area contributed by atoms with E-state index in [1.165, 1.54) is 0 Å². The summed E-state index contributed by atoms with van der Waals surface area (Å²) in [6, 6.07) is 0. The SMILES string of the molecule is CCCNC(C(=O)O)=S(=O)=O. The quantitative estimate of drug-likeness (QED) is 0.535. The zero-order chi connectivity index (χ0) is 8.85. The Hall–Kier alpha value is -0.880. The largest absolute Gasteiger partial charge is 0.476 e. The van der Waals surface area contributed by atoms with E-state index in [1.54, 1.807) is 6.92 Å². The average Bonchev–Trinajstić information content (AvgIpc) is 1.87. The van der Waals surface area contributed by atoms with Crippen LogP contribution in [0.2, 0.25) is 0 Å². The van der Waals surface area contributed by atoms with Crippen molar-refractivity contribution >= 4 is 21.3 Å². The lowest BCUT2D eigenvalue weighted by Gasteiger charge is -1.96. The molecule has 0 saturated carbocycles. The average molecular weight is 179 g/mol. The van der Waals surface area contributed by atoms with Gasteiger partial charge < -0.3 is 5.11 Å². The third-order valence-corrected chi connectivity index (χ3v) is 1.55. The first-order valence-electron chi connectivity index (χ1n) is 3.03. The van der Waals surface area contributed by atoms with Crippen molar-refractivity contribution < 1.29 is 18.3 Å². The topological polar surface area (TPSA) is 83.5 Å². The second-order valence-corrected chi connectivity index (χ2v) is 2.67. The van der Waals surface area contributed by atoms with Crippen LogP contribution in [-0.4, -0.2) is 31.0 Å².